The highest BCUT2D eigenvalue weighted by molar-refractivity contribution is 7.89. The molecule has 0 amide bonds. The minimum absolute atomic E-state index is 0.0182. The Bertz CT molecular complexity index is 279. The van der Waals surface area contributed by atoms with Gasteiger partial charge in [0.25, 0.3) is 0 Å². The number of morpholine rings is 1. The van der Waals surface area contributed by atoms with Crippen LogP contribution in [0.25, 0.3) is 0 Å². The first-order chi connectivity index (χ1) is 7.03. The fraction of sp³-hybridized carbons (Fsp3) is 1.00. The highest BCUT2D eigenvalue weighted by atomic mass is 32.2. The van der Waals surface area contributed by atoms with Gasteiger partial charge in [0, 0.05) is 19.6 Å². The second-order valence-corrected chi connectivity index (χ2v) is 5.85. The summed E-state index contributed by atoms with van der Waals surface area (Å²) in [5.41, 5.74) is 0. The van der Waals surface area contributed by atoms with Gasteiger partial charge in [-0.15, -0.1) is 0 Å². The molecule has 1 unspecified atom stereocenters. The van der Waals surface area contributed by atoms with Crippen LogP contribution in [0, 0.1) is 0 Å². The maximum absolute atomic E-state index is 11.4. The lowest BCUT2D eigenvalue weighted by Crippen LogP contribution is -2.46. The zero-order valence-corrected chi connectivity index (χ0v) is 10.2. The molecule has 0 bridgehead atoms. The van der Waals surface area contributed by atoms with Crippen molar-refractivity contribution in [1.29, 1.82) is 0 Å². The Morgan fingerprint density at radius 1 is 1.53 bits per heavy atom. The smallest absolute Gasteiger partial charge is 0.211 e. The highest BCUT2D eigenvalue weighted by Crippen LogP contribution is 2.02. The molecule has 0 saturated carbocycles. The molecular weight excluding hydrogens is 216 g/mol. The quantitative estimate of drug-likeness (QED) is 0.708. The standard InChI is InChI=1S/C9H20N2O3S/c1-3-6-15(12,13)10-7-9-8-11(2)4-5-14-9/h9-10H,3-8H2,1-2H3. The van der Waals surface area contributed by atoms with Crippen LogP contribution in [0.1, 0.15) is 13.3 Å². The SMILES string of the molecule is CCCS(=O)(=O)NCC1CN(C)CCO1. The third-order valence-corrected chi connectivity index (χ3v) is 3.90. The van der Waals surface area contributed by atoms with Crippen LogP contribution in [0.15, 0.2) is 0 Å². The van der Waals surface area contributed by atoms with Crippen LogP contribution in [0.3, 0.4) is 0 Å². The summed E-state index contributed by atoms with van der Waals surface area (Å²) >= 11 is 0. The zero-order valence-electron chi connectivity index (χ0n) is 9.40. The molecule has 6 heteroatoms. The van der Waals surface area contributed by atoms with Crippen molar-refractivity contribution in [2.75, 3.05) is 39.0 Å². The van der Waals surface area contributed by atoms with E-state index < -0.39 is 10.0 Å². The maximum Gasteiger partial charge on any atom is 0.211 e. The summed E-state index contributed by atoms with van der Waals surface area (Å²) in [5.74, 6) is 0.190. The molecule has 15 heavy (non-hydrogen) atoms. The van der Waals surface area contributed by atoms with Gasteiger partial charge in [0.15, 0.2) is 0 Å². The van der Waals surface area contributed by atoms with Crippen molar-refractivity contribution in [3.8, 4) is 0 Å². The monoisotopic (exact) mass is 236 g/mol. The molecule has 1 rings (SSSR count). The molecule has 1 fully saturated rings. The topological polar surface area (TPSA) is 58.6 Å². The van der Waals surface area contributed by atoms with Gasteiger partial charge in [0.1, 0.15) is 0 Å². The number of sulfonamides is 1. The molecule has 1 aliphatic heterocycles. The van der Waals surface area contributed by atoms with Gasteiger partial charge in [0.05, 0.1) is 18.5 Å². The fourth-order valence-corrected chi connectivity index (χ4v) is 2.67. The first kappa shape index (κ1) is 12.9. The first-order valence-electron chi connectivity index (χ1n) is 5.31. The number of nitrogens with one attached hydrogen (secondary N) is 1. The molecule has 5 nitrogen and oxygen atoms in total. The molecule has 1 aliphatic rings. The lowest BCUT2D eigenvalue weighted by Gasteiger charge is -2.30. The highest BCUT2D eigenvalue weighted by Gasteiger charge is 2.19. The molecule has 0 aromatic heterocycles. The van der Waals surface area contributed by atoms with Crippen molar-refractivity contribution in [2.45, 2.75) is 19.4 Å². The van der Waals surface area contributed by atoms with Crippen molar-refractivity contribution in [1.82, 2.24) is 9.62 Å². The molecule has 0 aromatic carbocycles. The molecule has 1 heterocycles. The van der Waals surface area contributed by atoms with Gasteiger partial charge in [-0.3, -0.25) is 0 Å². The second kappa shape index (κ2) is 5.79. The van der Waals surface area contributed by atoms with Crippen LogP contribution in [0.2, 0.25) is 0 Å². The number of hydrogen-bond donors (Lipinski definition) is 1. The van der Waals surface area contributed by atoms with Crippen LogP contribution < -0.4 is 4.72 Å². The first-order valence-corrected chi connectivity index (χ1v) is 6.96. The van der Waals surface area contributed by atoms with E-state index in [1.54, 1.807) is 0 Å². The molecule has 0 aromatic rings. The second-order valence-electron chi connectivity index (χ2n) is 3.92. The van der Waals surface area contributed by atoms with E-state index >= 15 is 0 Å². The Kier molecular flexibility index (Phi) is 4.98. The Morgan fingerprint density at radius 2 is 2.27 bits per heavy atom. The summed E-state index contributed by atoms with van der Waals surface area (Å²) in [7, 11) is -1.09. The Hall–Kier alpha value is -0.170. The third kappa shape index (κ3) is 4.92. The van der Waals surface area contributed by atoms with Crippen LogP contribution in [0.4, 0.5) is 0 Å². The maximum atomic E-state index is 11.4. The van der Waals surface area contributed by atoms with Gasteiger partial charge in [0.2, 0.25) is 10.0 Å². The predicted molar refractivity (Wildman–Crippen MR) is 59.3 cm³/mol. The number of nitrogens with zero attached hydrogens (tertiary/aromatic N) is 1. The molecule has 1 N–H and O–H groups in total. The molecule has 90 valence electrons. The molecule has 0 spiro atoms. The van der Waals surface area contributed by atoms with Gasteiger partial charge in [-0.05, 0) is 13.5 Å². The van der Waals surface area contributed by atoms with Crippen molar-refractivity contribution >= 4 is 10.0 Å². The largest absolute Gasteiger partial charge is 0.374 e. The molecule has 1 saturated heterocycles. The van der Waals surface area contributed by atoms with Crippen LogP contribution in [-0.4, -0.2) is 58.5 Å². The van der Waals surface area contributed by atoms with Crippen molar-refractivity contribution in [3.05, 3.63) is 0 Å². The minimum atomic E-state index is -3.10. The van der Waals surface area contributed by atoms with E-state index in [4.69, 9.17) is 4.74 Å². The molecular formula is C9H20N2O3S. The van der Waals surface area contributed by atoms with E-state index in [1.807, 2.05) is 14.0 Å². The Labute approximate surface area is 91.8 Å². The molecule has 0 aliphatic carbocycles. The minimum Gasteiger partial charge on any atom is -0.374 e. The van der Waals surface area contributed by atoms with E-state index in [0.717, 1.165) is 13.1 Å². The lowest BCUT2D eigenvalue weighted by atomic mass is 10.3. The van der Waals surface area contributed by atoms with Crippen LogP contribution >= 0.6 is 0 Å². The fourth-order valence-electron chi connectivity index (χ4n) is 1.55. The summed E-state index contributed by atoms with van der Waals surface area (Å²) in [6, 6.07) is 0. The van der Waals surface area contributed by atoms with Crippen molar-refractivity contribution < 1.29 is 13.2 Å². The van der Waals surface area contributed by atoms with Gasteiger partial charge in [-0.1, -0.05) is 6.92 Å². The van der Waals surface area contributed by atoms with Gasteiger partial charge in [-0.25, -0.2) is 13.1 Å². The van der Waals surface area contributed by atoms with E-state index in [1.165, 1.54) is 0 Å². The van der Waals surface area contributed by atoms with Gasteiger partial charge >= 0.3 is 0 Å². The van der Waals surface area contributed by atoms with Gasteiger partial charge in [-0.2, -0.15) is 0 Å². The molecule has 0 radical (unpaired) electrons. The van der Waals surface area contributed by atoms with E-state index in [2.05, 4.69) is 9.62 Å². The summed E-state index contributed by atoms with van der Waals surface area (Å²) in [4.78, 5) is 2.14. The summed E-state index contributed by atoms with van der Waals surface area (Å²) in [6.07, 6.45) is 0.621. The number of ether oxygens (including phenoxy) is 1. The van der Waals surface area contributed by atoms with Crippen LogP contribution in [0.5, 0.6) is 0 Å². The average molecular weight is 236 g/mol. The molecule has 1 atom stereocenters. The number of likely N-dealkylation sites (N-methyl/N-ethyl adjacent to an activating group) is 1. The summed E-state index contributed by atoms with van der Waals surface area (Å²) < 4.78 is 30.8. The normalized spacial score (nSPS) is 24.3. The van der Waals surface area contributed by atoms with Gasteiger partial charge < -0.3 is 9.64 Å². The van der Waals surface area contributed by atoms with Crippen LogP contribution in [-0.2, 0) is 14.8 Å². The lowest BCUT2D eigenvalue weighted by molar-refractivity contribution is -0.0156. The van der Waals surface area contributed by atoms with E-state index in [0.29, 0.717) is 19.6 Å². The summed E-state index contributed by atoms with van der Waals surface area (Å²) in [6.45, 7) is 4.61. The Morgan fingerprint density at radius 3 is 2.87 bits per heavy atom. The Balaban J connectivity index is 2.30. The van der Waals surface area contributed by atoms with Crippen molar-refractivity contribution in [2.24, 2.45) is 0 Å². The van der Waals surface area contributed by atoms with E-state index in [9.17, 15) is 8.42 Å². The summed E-state index contributed by atoms with van der Waals surface area (Å²) in [5, 5.41) is 0. The number of rotatable bonds is 5. The zero-order chi connectivity index (χ0) is 11.3. The van der Waals surface area contributed by atoms with Crippen molar-refractivity contribution in [3.63, 3.8) is 0 Å². The third-order valence-electron chi connectivity index (χ3n) is 2.35. The average Bonchev–Trinajstić information content (AvgIpc) is 2.15. The number of hydrogen-bond acceptors (Lipinski definition) is 4. The van der Waals surface area contributed by atoms with E-state index in [-0.39, 0.29) is 11.9 Å². The predicted octanol–water partition coefficient (Wildman–Crippen LogP) is -0.354.